The number of hydrogen-bond donors (Lipinski definition) is 3. The van der Waals surface area contributed by atoms with Gasteiger partial charge < -0.3 is 16.6 Å². The fraction of sp³-hybridized carbons (Fsp3) is 0.889. The molecule has 0 aromatic heterocycles. The van der Waals surface area contributed by atoms with Gasteiger partial charge in [-0.05, 0) is 5.92 Å². The highest BCUT2D eigenvalue weighted by molar-refractivity contribution is 8.76. The average Bonchev–Trinajstić information content (AvgIpc) is 2.22. The zero-order valence-electron chi connectivity index (χ0n) is 9.18. The zero-order valence-corrected chi connectivity index (χ0v) is 10.8. The van der Waals surface area contributed by atoms with Gasteiger partial charge in [-0.2, -0.15) is 0 Å². The first kappa shape index (κ1) is 15.1. The Bertz CT molecular complexity index is 193. The number of carboxylic acids is 1. The van der Waals surface area contributed by atoms with Gasteiger partial charge in [0, 0.05) is 17.5 Å². The fourth-order valence-corrected chi connectivity index (χ4v) is 3.24. The minimum absolute atomic E-state index is 0.175. The van der Waals surface area contributed by atoms with Gasteiger partial charge in [-0.15, -0.1) is 0 Å². The minimum atomic E-state index is -0.950. The second kappa shape index (κ2) is 8.27. The second-order valence-electron chi connectivity index (χ2n) is 3.56. The largest absolute Gasteiger partial charge is 0.480 e. The normalized spacial score (nSPS) is 17.1. The van der Waals surface area contributed by atoms with Gasteiger partial charge in [0.2, 0.25) is 0 Å². The van der Waals surface area contributed by atoms with Crippen LogP contribution in [0.25, 0.3) is 0 Å². The Morgan fingerprint density at radius 1 is 1.33 bits per heavy atom. The Morgan fingerprint density at radius 3 is 2.33 bits per heavy atom. The van der Waals surface area contributed by atoms with Crippen LogP contribution in [0.3, 0.4) is 0 Å². The van der Waals surface area contributed by atoms with Crippen LogP contribution in [0, 0.1) is 5.92 Å². The summed E-state index contributed by atoms with van der Waals surface area (Å²) in [5, 5.41) is 8.54. The summed E-state index contributed by atoms with van der Waals surface area (Å²) in [5.74, 6) is 0.819. The van der Waals surface area contributed by atoms with Crippen molar-refractivity contribution in [2.45, 2.75) is 32.4 Å². The molecular weight excluding hydrogens is 232 g/mol. The first-order chi connectivity index (χ1) is 6.99. The van der Waals surface area contributed by atoms with Crippen molar-refractivity contribution in [3.05, 3.63) is 0 Å². The maximum atomic E-state index is 10.4. The zero-order chi connectivity index (χ0) is 11.8. The molecule has 6 heteroatoms. The highest BCUT2D eigenvalue weighted by Crippen LogP contribution is 2.24. The monoisotopic (exact) mass is 252 g/mol. The Balaban J connectivity index is 3.50. The molecule has 4 nitrogen and oxygen atoms in total. The van der Waals surface area contributed by atoms with E-state index in [-0.39, 0.29) is 6.04 Å². The predicted octanol–water partition coefficient (Wildman–Crippen LogP) is 1.15. The summed E-state index contributed by atoms with van der Waals surface area (Å²) in [5.41, 5.74) is 11.3. The molecule has 0 aliphatic heterocycles. The number of aliphatic carboxylic acids is 1. The lowest BCUT2D eigenvalue weighted by Crippen LogP contribution is -2.32. The van der Waals surface area contributed by atoms with Crippen molar-refractivity contribution in [3.63, 3.8) is 0 Å². The molecule has 0 aromatic rings. The lowest BCUT2D eigenvalue weighted by molar-refractivity contribution is -0.137. The third kappa shape index (κ3) is 7.05. The molecule has 0 fully saturated rings. The van der Waals surface area contributed by atoms with E-state index in [4.69, 9.17) is 16.6 Å². The quantitative estimate of drug-likeness (QED) is 0.443. The molecule has 0 heterocycles. The van der Waals surface area contributed by atoms with E-state index in [2.05, 4.69) is 13.8 Å². The average molecular weight is 252 g/mol. The van der Waals surface area contributed by atoms with Gasteiger partial charge in [-0.3, -0.25) is 4.79 Å². The smallest absolute Gasteiger partial charge is 0.321 e. The molecule has 0 aliphatic rings. The Hall–Kier alpha value is 0.0900. The molecule has 15 heavy (non-hydrogen) atoms. The van der Waals surface area contributed by atoms with Gasteiger partial charge in [0.15, 0.2) is 0 Å². The first-order valence-electron chi connectivity index (χ1n) is 4.97. The van der Waals surface area contributed by atoms with Crippen molar-refractivity contribution in [1.82, 2.24) is 0 Å². The van der Waals surface area contributed by atoms with Crippen LogP contribution in [0.15, 0.2) is 0 Å². The molecule has 0 rings (SSSR count). The molecule has 0 aromatic carbocycles. The van der Waals surface area contributed by atoms with Crippen LogP contribution < -0.4 is 11.5 Å². The minimum Gasteiger partial charge on any atom is -0.480 e. The molecule has 90 valence electrons. The van der Waals surface area contributed by atoms with Crippen molar-refractivity contribution >= 4 is 27.6 Å². The van der Waals surface area contributed by atoms with Gasteiger partial charge in [0.25, 0.3) is 0 Å². The van der Waals surface area contributed by atoms with Crippen molar-refractivity contribution in [2.75, 3.05) is 11.5 Å². The predicted molar refractivity (Wildman–Crippen MR) is 68.0 cm³/mol. The maximum Gasteiger partial charge on any atom is 0.321 e. The second-order valence-corrected chi connectivity index (χ2v) is 6.12. The summed E-state index contributed by atoms with van der Waals surface area (Å²) >= 11 is 0. The lowest BCUT2D eigenvalue weighted by atomic mass is 10.0. The molecule has 0 bridgehead atoms. The van der Waals surface area contributed by atoms with Crippen molar-refractivity contribution in [2.24, 2.45) is 17.4 Å². The van der Waals surface area contributed by atoms with E-state index in [9.17, 15) is 4.79 Å². The standard InChI is InChI=1S/C9H20N2O2S2/c1-3-6(2)7(10)4-14-15-5-8(11)9(12)13/h6-8H,3-5,10-11H2,1-2H3,(H,12,13)/t6?,7-,8-/m0/s1. The number of carboxylic acid groups (broad SMARTS) is 1. The number of carbonyl (C=O) groups is 1. The molecule has 0 radical (unpaired) electrons. The summed E-state index contributed by atoms with van der Waals surface area (Å²) in [6.45, 7) is 4.24. The van der Waals surface area contributed by atoms with Gasteiger partial charge in [0.1, 0.15) is 6.04 Å². The van der Waals surface area contributed by atoms with Crippen LogP contribution in [0.4, 0.5) is 0 Å². The van der Waals surface area contributed by atoms with Gasteiger partial charge in [-0.25, -0.2) is 0 Å². The van der Waals surface area contributed by atoms with E-state index in [1.165, 1.54) is 10.8 Å². The molecule has 0 saturated heterocycles. The van der Waals surface area contributed by atoms with Crippen LogP contribution in [-0.2, 0) is 4.79 Å². The van der Waals surface area contributed by atoms with Crippen molar-refractivity contribution in [1.29, 1.82) is 0 Å². The lowest BCUT2D eigenvalue weighted by Gasteiger charge is -2.17. The molecule has 0 saturated carbocycles. The summed E-state index contributed by atoms with van der Waals surface area (Å²) in [6.07, 6.45) is 1.07. The van der Waals surface area contributed by atoms with Crippen LogP contribution in [0.5, 0.6) is 0 Å². The van der Waals surface area contributed by atoms with Crippen LogP contribution in [0.2, 0.25) is 0 Å². The number of hydrogen-bond acceptors (Lipinski definition) is 5. The van der Waals surface area contributed by atoms with E-state index in [1.54, 1.807) is 10.8 Å². The van der Waals surface area contributed by atoms with Gasteiger partial charge in [0.05, 0.1) is 0 Å². The summed E-state index contributed by atoms with van der Waals surface area (Å²) in [6, 6.07) is -0.601. The van der Waals surface area contributed by atoms with Gasteiger partial charge >= 0.3 is 5.97 Å². The third-order valence-corrected chi connectivity index (χ3v) is 4.78. The number of rotatable bonds is 8. The van der Waals surface area contributed by atoms with Crippen LogP contribution in [0.1, 0.15) is 20.3 Å². The highest BCUT2D eigenvalue weighted by atomic mass is 33.1. The molecule has 0 aliphatic carbocycles. The van der Waals surface area contributed by atoms with E-state index in [0.717, 1.165) is 12.2 Å². The van der Waals surface area contributed by atoms with Crippen molar-refractivity contribution in [3.8, 4) is 0 Å². The van der Waals surface area contributed by atoms with Crippen molar-refractivity contribution < 1.29 is 9.90 Å². The Morgan fingerprint density at radius 2 is 1.87 bits per heavy atom. The van der Waals surface area contributed by atoms with E-state index >= 15 is 0 Å². The molecule has 3 atom stereocenters. The Kier molecular flexibility index (Phi) is 8.32. The van der Waals surface area contributed by atoms with Gasteiger partial charge in [-0.1, -0.05) is 41.9 Å². The van der Waals surface area contributed by atoms with E-state index < -0.39 is 12.0 Å². The highest BCUT2D eigenvalue weighted by Gasteiger charge is 2.13. The molecule has 0 amide bonds. The molecule has 1 unspecified atom stereocenters. The topological polar surface area (TPSA) is 89.3 Å². The summed E-state index contributed by atoms with van der Waals surface area (Å²) < 4.78 is 0. The first-order valence-corrected chi connectivity index (χ1v) is 7.46. The van der Waals surface area contributed by atoms with Crippen LogP contribution in [-0.4, -0.2) is 34.7 Å². The SMILES string of the molecule is CCC(C)[C@@H](N)CSSC[C@H](N)C(=O)O. The van der Waals surface area contributed by atoms with Crippen LogP contribution >= 0.6 is 21.6 Å². The number of nitrogens with two attached hydrogens (primary N) is 2. The van der Waals surface area contributed by atoms with E-state index in [0.29, 0.717) is 11.7 Å². The Labute approximate surface area is 98.9 Å². The molecular formula is C9H20N2O2S2. The third-order valence-electron chi connectivity index (χ3n) is 2.28. The fourth-order valence-electron chi connectivity index (χ4n) is 0.786. The maximum absolute atomic E-state index is 10.4. The molecule has 5 N–H and O–H groups in total. The van der Waals surface area contributed by atoms with E-state index in [1.807, 2.05) is 0 Å². The summed E-state index contributed by atoms with van der Waals surface area (Å²) in [7, 11) is 3.08. The summed E-state index contributed by atoms with van der Waals surface area (Å²) in [4.78, 5) is 10.4. The molecule has 0 spiro atoms.